The third-order valence-corrected chi connectivity index (χ3v) is 4.73. The van der Waals surface area contributed by atoms with Crippen molar-refractivity contribution in [1.82, 2.24) is 15.1 Å². The zero-order valence-electron chi connectivity index (χ0n) is 15.3. The lowest BCUT2D eigenvalue weighted by molar-refractivity contribution is -0.134. The number of amides is 2. The zero-order chi connectivity index (χ0) is 19.9. The quantitative estimate of drug-likeness (QED) is 0.591. The summed E-state index contributed by atoms with van der Waals surface area (Å²) in [5, 5.41) is 10.00. The van der Waals surface area contributed by atoms with Gasteiger partial charge in [-0.05, 0) is 42.1 Å². The van der Waals surface area contributed by atoms with Crippen LogP contribution in [0.4, 0.5) is 0 Å². The van der Waals surface area contributed by atoms with E-state index in [0.717, 1.165) is 11.3 Å². The first-order chi connectivity index (χ1) is 13.6. The number of carbonyl (C=O) groups excluding carboxylic acids is 2. The fourth-order valence-corrected chi connectivity index (χ4v) is 3.14. The third kappa shape index (κ3) is 4.95. The highest BCUT2D eigenvalue weighted by atomic mass is 32.1. The molecule has 0 spiro atoms. The molecule has 0 aliphatic carbocycles. The summed E-state index contributed by atoms with van der Waals surface area (Å²) in [6.07, 6.45) is 0.783. The Bertz CT molecular complexity index is 922. The minimum Gasteiger partial charge on any atom is -0.484 e. The largest absolute Gasteiger partial charge is 0.484 e. The van der Waals surface area contributed by atoms with Gasteiger partial charge in [-0.15, -0.1) is 21.5 Å². The van der Waals surface area contributed by atoms with Gasteiger partial charge in [0.05, 0.1) is 11.4 Å². The summed E-state index contributed by atoms with van der Waals surface area (Å²) in [4.78, 5) is 26.2. The predicted octanol–water partition coefficient (Wildman–Crippen LogP) is 2.71. The van der Waals surface area contributed by atoms with Crippen LogP contribution in [0.5, 0.6) is 5.75 Å². The minimum absolute atomic E-state index is 0.137. The average molecular weight is 400 g/mol. The second kappa shape index (κ2) is 9.14. The van der Waals surface area contributed by atoms with E-state index in [-0.39, 0.29) is 19.1 Å². The Balaban J connectivity index is 1.59. The number of primary amides is 1. The van der Waals surface area contributed by atoms with Gasteiger partial charge in [0.15, 0.2) is 6.61 Å². The number of hydrogen-bond donors (Lipinski definition) is 1. The van der Waals surface area contributed by atoms with Gasteiger partial charge >= 0.3 is 0 Å². The Kier molecular flexibility index (Phi) is 6.38. The number of aromatic nitrogens is 2. The van der Waals surface area contributed by atoms with Crippen molar-refractivity contribution < 1.29 is 18.7 Å². The van der Waals surface area contributed by atoms with Crippen molar-refractivity contribution >= 4 is 23.2 Å². The van der Waals surface area contributed by atoms with Crippen LogP contribution in [0.25, 0.3) is 10.8 Å². The molecule has 0 aliphatic rings. The highest BCUT2D eigenvalue weighted by molar-refractivity contribution is 7.13. The Hall–Kier alpha value is -3.20. The number of nitrogens with two attached hydrogens (primary N) is 1. The van der Waals surface area contributed by atoms with E-state index in [2.05, 4.69) is 10.2 Å². The molecule has 28 heavy (non-hydrogen) atoms. The van der Waals surface area contributed by atoms with Crippen molar-refractivity contribution in [2.45, 2.75) is 19.9 Å². The molecule has 9 heteroatoms. The van der Waals surface area contributed by atoms with Crippen LogP contribution in [0.2, 0.25) is 0 Å². The molecule has 3 rings (SSSR count). The first kappa shape index (κ1) is 19.6. The van der Waals surface area contributed by atoms with Crippen molar-refractivity contribution in [2.75, 3.05) is 13.2 Å². The summed E-state index contributed by atoms with van der Waals surface area (Å²) in [7, 11) is 0. The van der Waals surface area contributed by atoms with Crippen molar-refractivity contribution in [2.24, 2.45) is 5.73 Å². The summed E-state index contributed by atoms with van der Waals surface area (Å²) >= 11 is 1.51. The van der Waals surface area contributed by atoms with Crippen molar-refractivity contribution in [1.29, 1.82) is 0 Å². The molecule has 3 aromatic rings. The van der Waals surface area contributed by atoms with Crippen molar-refractivity contribution in [3.63, 3.8) is 0 Å². The van der Waals surface area contributed by atoms with Crippen LogP contribution >= 0.6 is 11.3 Å². The average Bonchev–Trinajstić information content (AvgIpc) is 3.37. The topological polar surface area (TPSA) is 112 Å². The van der Waals surface area contributed by atoms with Crippen LogP contribution in [0.1, 0.15) is 29.6 Å². The Morgan fingerprint density at radius 3 is 2.64 bits per heavy atom. The van der Waals surface area contributed by atoms with Gasteiger partial charge < -0.3 is 19.8 Å². The van der Waals surface area contributed by atoms with E-state index in [1.807, 2.05) is 24.4 Å². The molecule has 2 N–H and O–H groups in total. The lowest BCUT2D eigenvalue weighted by Crippen LogP contribution is -2.35. The minimum atomic E-state index is -0.516. The van der Waals surface area contributed by atoms with Gasteiger partial charge in [0.2, 0.25) is 11.8 Å². The molecule has 2 aromatic heterocycles. The van der Waals surface area contributed by atoms with E-state index in [1.165, 1.54) is 11.3 Å². The monoisotopic (exact) mass is 400 g/mol. The smallest absolute Gasteiger partial charge is 0.260 e. The molecule has 2 amide bonds. The molecule has 8 nitrogen and oxygen atoms in total. The molecular weight excluding hydrogens is 380 g/mol. The molecule has 0 saturated carbocycles. The number of ether oxygens (including phenoxy) is 1. The van der Waals surface area contributed by atoms with E-state index in [9.17, 15) is 9.59 Å². The summed E-state index contributed by atoms with van der Waals surface area (Å²) in [6, 6.07) is 10.1. The van der Waals surface area contributed by atoms with Gasteiger partial charge in [-0.1, -0.05) is 13.0 Å². The molecule has 0 unspecified atom stereocenters. The maximum absolute atomic E-state index is 12.6. The van der Waals surface area contributed by atoms with E-state index in [0.29, 0.717) is 29.6 Å². The first-order valence-corrected chi connectivity index (χ1v) is 9.61. The van der Waals surface area contributed by atoms with E-state index in [1.54, 1.807) is 29.2 Å². The first-order valence-electron chi connectivity index (χ1n) is 8.73. The number of thiophene rings is 1. The second-order valence-electron chi connectivity index (χ2n) is 5.97. The Labute approximate surface area is 165 Å². The summed E-state index contributed by atoms with van der Waals surface area (Å²) < 4.78 is 11.2. The lowest BCUT2D eigenvalue weighted by atomic mass is 10.2. The van der Waals surface area contributed by atoms with E-state index >= 15 is 0 Å². The van der Waals surface area contributed by atoms with Crippen LogP contribution < -0.4 is 10.5 Å². The van der Waals surface area contributed by atoms with Gasteiger partial charge in [0.1, 0.15) is 5.75 Å². The van der Waals surface area contributed by atoms with Gasteiger partial charge in [0, 0.05) is 12.1 Å². The highest BCUT2D eigenvalue weighted by Crippen LogP contribution is 2.23. The number of carbonyl (C=O) groups is 2. The molecule has 2 heterocycles. The van der Waals surface area contributed by atoms with Crippen LogP contribution in [-0.2, 0) is 11.3 Å². The molecule has 0 fully saturated rings. The number of hydrogen-bond acceptors (Lipinski definition) is 7. The maximum Gasteiger partial charge on any atom is 0.260 e. The molecule has 1 aromatic carbocycles. The SMILES string of the molecule is CCCN(Cc1nnc(-c2cccs2)o1)C(=O)COc1ccc(C(N)=O)cc1. The fraction of sp³-hybridized carbons (Fsp3) is 0.263. The maximum atomic E-state index is 12.6. The van der Waals surface area contributed by atoms with Crippen LogP contribution in [-0.4, -0.2) is 40.1 Å². The molecular formula is C19H20N4O4S. The standard InChI is InChI=1S/C19H20N4O4S/c1-2-9-23(11-16-21-22-19(27-16)15-4-3-10-28-15)17(24)12-26-14-7-5-13(6-8-14)18(20)25/h3-8,10H,2,9,11-12H2,1H3,(H2,20,25). The molecule has 0 bridgehead atoms. The van der Waals surface area contributed by atoms with E-state index in [4.69, 9.17) is 14.9 Å². The van der Waals surface area contributed by atoms with Gasteiger partial charge in [-0.2, -0.15) is 0 Å². The predicted molar refractivity (Wildman–Crippen MR) is 104 cm³/mol. The van der Waals surface area contributed by atoms with Crippen LogP contribution in [0, 0.1) is 0 Å². The Morgan fingerprint density at radius 2 is 2.00 bits per heavy atom. The van der Waals surface area contributed by atoms with Gasteiger partial charge in [-0.3, -0.25) is 9.59 Å². The number of benzene rings is 1. The van der Waals surface area contributed by atoms with Crippen molar-refractivity contribution in [3.05, 3.63) is 53.2 Å². The van der Waals surface area contributed by atoms with Crippen LogP contribution in [0.3, 0.4) is 0 Å². The Morgan fingerprint density at radius 1 is 1.21 bits per heavy atom. The highest BCUT2D eigenvalue weighted by Gasteiger charge is 2.18. The summed E-state index contributed by atoms with van der Waals surface area (Å²) in [5.74, 6) is 0.582. The van der Waals surface area contributed by atoms with Gasteiger partial charge in [0.25, 0.3) is 11.8 Å². The van der Waals surface area contributed by atoms with E-state index < -0.39 is 5.91 Å². The van der Waals surface area contributed by atoms with Crippen molar-refractivity contribution in [3.8, 4) is 16.5 Å². The molecule has 0 aliphatic heterocycles. The second-order valence-corrected chi connectivity index (χ2v) is 6.92. The fourth-order valence-electron chi connectivity index (χ4n) is 2.49. The third-order valence-electron chi connectivity index (χ3n) is 3.87. The van der Waals surface area contributed by atoms with Crippen LogP contribution in [0.15, 0.2) is 46.2 Å². The normalized spacial score (nSPS) is 10.6. The molecule has 146 valence electrons. The molecule has 0 atom stereocenters. The summed E-state index contributed by atoms with van der Waals surface area (Å²) in [5.41, 5.74) is 5.58. The van der Waals surface area contributed by atoms with Gasteiger partial charge in [-0.25, -0.2) is 0 Å². The zero-order valence-corrected chi connectivity index (χ0v) is 16.1. The lowest BCUT2D eigenvalue weighted by Gasteiger charge is -2.20. The number of nitrogens with zero attached hydrogens (tertiary/aromatic N) is 3. The summed E-state index contributed by atoms with van der Waals surface area (Å²) in [6.45, 7) is 2.60. The molecule has 0 saturated heterocycles. The molecule has 0 radical (unpaired) electrons. The number of rotatable bonds is 9.